The zero-order valence-electron chi connectivity index (χ0n) is 14.4. The molecule has 1 fully saturated rings. The van der Waals surface area contributed by atoms with Gasteiger partial charge in [-0.15, -0.1) is 0 Å². The molecule has 0 aromatic rings. The molecule has 1 aliphatic rings. The molecule has 5 heteroatoms. The van der Waals surface area contributed by atoms with Crippen LogP contribution in [0.4, 0.5) is 0 Å². The van der Waals surface area contributed by atoms with Crippen LogP contribution in [0.3, 0.4) is 0 Å². The van der Waals surface area contributed by atoms with Crippen LogP contribution < -0.4 is 5.32 Å². The largest absolute Gasteiger partial charge is 0.317 e. The van der Waals surface area contributed by atoms with Crippen molar-refractivity contribution in [3.63, 3.8) is 0 Å². The molecule has 1 heterocycles. The van der Waals surface area contributed by atoms with Crippen LogP contribution in [0, 0.1) is 5.92 Å². The third-order valence-electron chi connectivity index (χ3n) is 3.99. The number of hydrogen-bond donors (Lipinski definition) is 1. The lowest BCUT2D eigenvalue weighted by Crippen LogP contribution is -2.30. The summed E-state index contributed by atoms with van der Waals surface area (Å²) in [5.74, 6) is 0.667. The first kappa shape index (κ1) is 18.6. The number of aliphatic imine (C=N–C) groups is 2. The second kappa shape index (κ2) is 9.52. The fourth-order valence-corrected chi connectivity index (χ4v) is 2.66. The average Bonchev–Trinajstić information content (AvgIpc) is 2.50. The fraction of sp³-hybridized carbons (Fsp3) is 0.588. The highest BCUT2D eigenvalue weighted by atomic mass is 16.1. The van der Waals surface area contributed by atoms with E-state index in [1.165, 1.54) is 12.8 Å². The van der Waals surface area contributed by atoms with E-state index in [1.54, 1.807) is 13.1 Å². The number of rotatable bonds is 7. The minimum atomic E-state index is 0.130. The zero-order valence-corrected chi connectivity index (χ0v) is 14.4. The molecular weight excluding hydrogens is 273 g/mol. The van der Waals surface area contributed by atoms with E-state index in [0.29, 0.717) is 24.6 Å². The summed E-state index contributed by atoms with van der Waals surface area (Å²) < 4.78 is 0. The number of allylic oxidation sites excluding steroid dienone is 2. The highest BCUT2D eigenvalue weighted by Gasteiger charge is 2.17. The smallest absolute Gasteiger partial charge is 0.213 e. The molecule has 120 valence electrons. The quantitative estimate of drug-likeness (QED) is 0.446. The summed E-state index contributed by atoms with van der Waals surface area (Å²) in [5, 5.41) is 3.35. The third-order valence-corrected chi connectivity index (χ3v) is 3.99. The molecule has 0 amide bonds. The molecular formula is C17H28BN3O. The predicted octanol–water partition coefficient (Wildman–Crippen LogP) is 2.73. The van der Waals surface area contributed by atoms with Crippen molar-refractivity contribution >= 4 is 24.9 Å². The van der Waals surface area contributed by atoms with Crippen LogP contribution in [0.2, 0.25) is 6.32 Å². The molecule has 1 N–H and O–H groups in total. The summed E-state index contributed by atoms with van der Waals surface area (Å²) in [7, 11) is 0.583. The highest BCUT2D eigenvalue weighted by Crippen LogP contribution is 2.17. The monoisotopic (exact) mass is 301 g/mol. The second-order valence-corrected chi connectivity index (χ2v) is 5.95. The number of hydrogen-bond acceptors (Lipinski definition) is 4. The predicted molar refractivity (Wildman–Crippen MR) is 97.3 cm³/mol. The van der Waals surface area contributed by atoms with Crippen LogP contribution in [0.15, 0.2) is 33.5 Å². The van der Waals surface area contributed by atoms with Crippen LogP contribution >= 0.6 is 0 Å². The minimum absolute atomic E-state index is 0.130. The van der Waals surface area contributed by atoms with E-state index in [-0.39, 0.29) is 5.68 Å². The lowest BCUT2D eigenvalue weighted by molar-refractivity contribution is -0.106. The summed E-state index contributed by atoms with van der Waals surface area (Å²) in [6.07, 6.45) is 5.03. The van der Waals surface area contributed by atoms with Gasteiger partial charge in [-0.1, -0.05) is 12.9 Å². The average molecular weight is 301 g/mol. The number of carbonyl (C=O) groups is 1. The van der Waals surface area contributed by atoms with Crippen molar-refractivity contribution in [2.75, 3.05) is 13.1 Å². The Hall–Kier alpha value is -1.49. The third kappa shape index (κ3) is 6.10. The van der Waals surface area contributed by atoms with Gasteiger partial charge in [0.2, 0.25) is 7.28 Å². The maximum atomic E-state index is 12.3. The Bertz CT molecular complexity index is 500. The molecule has 0 saturated carbocycles. The van der Waals surface area contributed by atoms with E-state index in [4.69, 9.17) is 0 Å². The highest BCUT2D eigenvalue weighted by molar-refractivity contribution is 6.88. The second-order valence-electron chi connectivity index (χ2n) is 5.95. The van der Waals surface area contributed by atoms with Crippen LogP contribution in [0.25, 0.3) is 0 Å². The van der Waals surface area contributed by atoms with E-state index < -0.39 is 0 Å². The maximum Gasteiger partial charge on any atom is 0.213 e. The molecule has 0 radical (unpaired) electrons. The van der Waals surface area contributed by atoms with Gasteiger partial charge in [0.15, 0.2) is 0 Å². The van der Waals surface area contributed by atoms with Crippen molar-refractivity contribution < 1.29 is 4.79 Å². The van der Waals surface area contributed by atoms with Gasteiger partial charge in [0, 0.05) is 6.21 Å². The number of piperidine rings is 1. The molecule has 0 aromatic carbocycles. The van der Waals surface area contributed by atoms with Gasteiger partial charge in [0.05, 0.1) is 17.1 Å². The molecule has 0 unspecified atom stereocenters. The Labute approximate surface area is 135 Å². The first-order chi connectivity index (χ1) is 10.5. The van der Waals surface area contributed by atoms with Crippen molar-refractivity contribution in [1.29, 1.82) is 0 Å². The van der Waals surface area contributed by atoms with Crippen molar-refractivity contribution in [1.82, 2.24) is 5.32 Å². The Balaban J connectivity index is 2.70. The topological polar surface area (TPSA) is 53.8 Å². The Morgan fingerprint density at radius 2 is 1.95 bits per heavy atom. The van der Waals surface area contributed by atoms with E-state index in [0.717, 1.165) is 30.7 Å². The fourth-order valence-electron chi connectivity index (χ4n) is 2.66. The number of nitrogens with zero attached hydrogens (tertiary/aromatic N) is 2. The van der Waals surface area contributed by atoms with Crippen LogP contribution in [-0.2, 0) is 4.79 Å². The van der Waals surface area contributed by atoms with Crippen molar-refractivity contribution in [3.8, 4) is 0 Å². The Morgan fingerprint density at radius 3 is 2.50 bits per heavy atom. The van der Waals surface area contributed by atoms with Crippen molar-refractivity contribution in [2.24, 2.45) is 15.9 Å². The summed E-state index contributed by atoms with van der Waals surface area (Å²) in [6, 6.07) is 0. The molecule has 0 spiro atoms. The standard InChI is InChI=1S/C17H28BN3O/c1-6-20-13(4)16(12(2)3)21-14(5)17(22)18-11-15-7-9-19-10-8-15/h6,15,18-19H,2,7-11H2,1,3-5H3/b16-13+,20-6-,21-14+. The lowest BCUT2D eigenvalue weighted by Gasteiger charge is -2.21. The summed E-state index contributed by atoms with van der Waals surface area (Å²) in [6.45, 7) is 13.5. The van der Waals surface area contributed by atoms with Crippen LogP contribution in [0.5, 0.6) is 0 Å². The molecule has 4 nitrogen and oxygen atoms in total. The molecule has 0 atom stereocenters. The van der Waals surface area contributed by atoms with Gasteiger partial charge >= 0.3 is 0 Å². The minimum Gasteiger partial charge on any atom is -0.317 e. The Morgan fingerprint density at radius 1 is 1.32 bits per heavy atom. The molecule has 22 heavy (non-hydrogen) atoms. The van der Waals surface area contributed by atoms with Gasteiger partial charge in [-0.3, -0.25) is 4.99 Å². The van der Waals surface area contributed by atoms with Gasteiger partial charge in [0.25, 0.3) is 0 Å². The van der Waals surface area contributed by atoms with E-state index in [9.17, 15) is 4.79 Å². The molecule has 1 aliphatic heterocycles. The molecule has 0 aliphatic carbocycles. The number of nitrogens with one attached hydrogen (secondary N) is 1. The lowest BCUT2D eigenvalue weighted by atomic mass is 9.63. The van der Waals surface area contributed by atoms with Crippen molar-refractivity contribution in [3.05, 3.63) is 23.5 Å². The van der Waals surface area contributed by atoms with Crippen molar-refractivity contribution in [2.45, 2.75) is 46.9 Å². The molecule has 1 saturated heterocycles. The van der Waals surface area contributed by atoms with Crippen LogP contribution in [-0.4, -0.2) is 38.0 Å². The Kier molecular flexibility index (Phi) is 8.03. The van der Waals surface area contributed by atoms with E-state index in [1.807, 2.05) is 20.8 Å². The van der Waals surface area contributed by atoms with E-state index >= 15 is 0 Å². The van der Waals surface area contributed by atoms with Gasteiger partial charge in [-0.05, 0) is 65.1 Å². The maximum absolute atomic E-state index is 12.3. The first-order valence-corrected chi connectivity index (χ1v) is 8.10. The molecule has 1 rings (SSSR count). The van der Waals surface area contributed by atoms with Gasteiger partial charge in [0.1, 0.15) is 5.68 Å². The summed E-state index contributed by atoms with van der Waals surface area (Å²) in [4.78, 5) is 21.0. The van der Waals surface area contributed by atoms with Gasteiger partial charge < -0.3 is 10.1 Å². The first-order valence-electron chi connectivity index (χ1n) is 8.10. The zero-order chi connectivity index (χ0) is 16.5. The summed E-state index contributed by atoms with van der Waals surface area (Å²) >= 11 is 0. The number of carbonyl (C=O) groups excluding carboxylic acids is 1. The molecule has 0 bridgehead atoms. The summed E-state index contributed by atoms with van der Waals surface area (Å²) in [5.41, 5.74) is 3.02. The molecule has 0 aromatic heterocycles. The van der Waals surface area contributed by atoms with E-state index in [2.05, 4.69) is 21.9 Å². The van der Waals surface area contributed by atoms with Crippen LogP contribution in [0.1, 0.15) is 40.5 Å². The van der Waals surface area contributed by atoms with Gasteiger partial charge in [-0.25, -0.2) is 4.99 Å². The SMILES string of the molecule is C=C(C)C(/N=C(\C)C(=O)BCC1CCNCC1)=C(C)\N=C/C. The van der Waals surface area contributed by atoms with Gasteiger partial charge in [-0.2, -0.15) is 0 Å². The normalized spacial score (nSPS) is 18.3.